The van der Waals surface area contributed by atoms with E-state index in [2.05, 4.69) is 4.98 Å². The standard InChI is InChI=1S/C9H6Cl2N2/c10-8-6-12-9(11)13(8)7-4-2-1-3-5-7/h1-6H. The molecule has 0 spiro atoms. The van der Waals surface area contributed by atoms with Crippen LogP contribution in [-0.4, -0.2) is 9.55 Å². The molecule has 0 amide bonds. The van der Waals surface area contributed by atoms with E-state index in [1.54, 1.807) is 4.57 Å². The lowest BCUT2D eigenvalue weighted by Gasteiger charge is -2.03. The van der Waals surface area contributed by atoms with Crippen LogP contribution in [0, 0.1) is 0 Å². The predicted molar refractivity (Wildman–Crippen MR) is 53.6 cm³/mol. The van der Waals surface area contributed by atoms with Gasteiger partial charge in [0.2, 0.25) is 5.28 Å². The summed E-state index contributed by atoms with van der Waals surface area (Å²) in [6, 6.07) is 9.60. The Balaban J connectivity index is 2.59. The zero-order valence-corrected chi connectivity index (χ0v) is 8.13. The molecule has 66 valence electrons. The van der Waals surface area contributed by atoms with Crippen molar-refractivity contribution in [3.63, 3.8) is 0 Å². The topological polar surface area (TPSA) is 17.8 Å². The van der Waals surface area contributed by atoms with Gasteiger partial charge in [-0.05, 0) is 23.7 Å². The van der Waals surface area contributed by atoms with Crippen molar-refractivity contribution >= 4 is 23.2 Å². The lowest BCUT2D eigenvalue weighted by molar-refractivity contribution is 1.06. The van der Waals surface area contributed by atoms with Crippen LogP contribution < -0.4 is 0 Å². The first-order chi connectivity index (χ1) is 6.29. The molecule has 0 bridgehead atoms. The molecule has 0 saturated carbocycles. The van der Waals surface area contributed by atoms with E-state index in [-0.39, 0.29) is 0 Å². The molecule has 0 N–H and O–H groups in total. The molecule has 1 aromatic carbocycles. The van der Waals surface area contributed by atoms with E-state index in [0.717, 1.165) is 5.69 Å². The highest BCUT2D eigenvalue weighted by Gasteiger charge is 2.06. The van der Waals surface area contributed by atoms with Gasteiger partial charge in [0.1, 0.15) is 5.15 Å². The van der Waals surface area contributed by atoms with Crippen molar-refractivity contribution in [3.8, 4) is 5.69 Å². The average Bonchev–Trinajstić information content (AvgIpc) is 2.48. The Hall–Kier alpha value is -0.990. The normalized spacial score (nSPS) is 10.3. The SMILES string of the molecule is Clc1cnc(Cl)n1-c1ccccc1. The number of halogens is 2. The first-order valence-electron chi connectivity index (χ1n) is 3.73. The van der Waals surface area contributed by atoms with E-state index in [1.165, 1.54) is 6.20 Å². The number of benzene rings is 1. The maximum absolute atomic E-state index is 5.90. The summed E-state index contributed by atoms with van der Waals surface area (Å²) in [7, 11) is 0. The summed E-state index contributed by atoms with van der Waals surface area (Å²) in [5.41, 5.74) is 0.912. The molecule has 2 nitrogen and oxygen atoms in total. The second kappa shape index (κ2) is 3.40. The third-order valence-corrected chi connectivity index (χ3v) is 2.22. The molecule has 4 heteroatoms. The Kier molecular flexibility index (Phi) is 2.25. The molecule has 0 saturated heterocycles. The van der Waals surface area contributed by atoms with Crippen LogP contribution in [0.25, 0.3) is 5.69 Å². The molecule has 0 unspecified atom stereocenters. The molecular weight excluding hydrogens is 207 g/mol. The van der Waals surface area contributed by atoms with Crippen molar-refractivity contribution in [2.75, 3.05) is 0 Å². The molecule has 2 rings (SSSR count). The van der Waals surface area contributed by atoms with E-state index >= 15 is 0 Å². The molecule has 0 aliphatic rings. The summed E-state index contributed by atoms with van der Waals surface area (Å²) in [4.78, 5) is 3.89. The fourth-order valence-electron chi connectivity index (χ4n) is 1.12. The zero-order chi connectivity index (χ0) is 9.26. The number of aromatic nitrogens is 2. The lowest BCUT2D eigenvalue weighted by Crippen LogP contribution is -1.92. The number of hydrogen-bond donors (Lipinski definition) is 0. The van der Waals surface area contributed by atoms with Gasteiger partial charge in [0.25, 0.3) is 0 Å². The lowest BCUT2D eigenvalue weighted by atomic mass is 10.3. The van der Waals surface area contributed by atoms with Crippen LogP contribution in [0.15, 0.2) is 36.5 Å². The maximum Gasteiger partial charge on any atom is 0.208 e. The van der Waals surface area contributed by atoms with Gasteiger partial charge >= 0.3 is 0 Å². The highest BCUT2D eigenvalue weighted by atomic mass is 35.5. The van der Waals surface area contributed by atoms with Crippen molar-refractivity contribution in [2.24, 2.45) is 0 Å². The summed E-state index contributed by atoms with van der Waals surface area (Å²) in [5, 5.41) is 0.882. The van der Waals surface area contributed by atoms with Crippen molar-refractivity contribution in [2.45, 2.75) is 0 Å². The summed E-state index contributed by atoms with van der Waals surface area (Å²) in [6.07, 6.45) is 1.52. The van der Waals surface area contributed by atoms with Gasteiger partial charge in [-0.1, -0.05) is 29.8 Å². The van der Waals surface area contributed by atoms with Gasteiger partial charge in [0, 0.05) is 5.69 Å². The van der Waals surface area contributed by atoms with Crippen molar-refractivity contribution in [1.82, 2.24) is 9.55 Å². The van der Waals surface area contributed by atoms with Gasteiger partial charge in [-0.25, -0.2) is 4.98 Å². The second-order valence-corrected chi connectivity index (χ2v) is 3.25. The van der Waals surface area contributed by atoms with Gasteiger partial charge in [-0.3, -0.25) is 4.57 Å². The Morgan fingerprint density at radius 2 is 1.77 bits per heavy atom. The minimum atomic E-state index is 0.371. The molecule has 0 radical (unpaired) electrons. The number of rotatable bonds is 1. The number of nitrogens with zero attached hydrogens (tertiary/aromatic N) is 2. The first-order valence-corrected chi connectivity index (χ1v) is 4.49. The van der Waals surface area contributed by atoms with E-state index in [1.807, 2.05) is 30.3 Å². The summed E-state index contributed by atoms with van der Waals surface area (Å²) in [6.45, 7) is 0. The second-order valence-electron chi connectivity index (χ2n) is 2.52. The van der Waals surface area contributed by atoms with Crippen molar-refractivity contribution in [3.05, 3.63) is 47.0 Å². The van der Waals surface area contributed by atoms with Crippen LogP contribution in [0.3, 0.4) is 0 Å². The van der Waals surface area contributed by atoms with Crippen LogP contribution in [0.4, 0.5) is 0 Å². The highest BCUT2D eigenvalue weighted by molar-refractivity contribution is 6.32. The van der Waals surface area contributed by atoms with E-state index < -0.39 is 0 Å². The molecule has 1 heterocycles. The Labute approximate surface area is 85.7 Å². The Morgan fingerprint density at radius 1 is 1.08 bits per heavy atom. The van der Waals surface area contributed by atoms with Crippen LogP contribution in [0.2, 0.25) is 10.4 Å². The van der Waals surface area contributed by atoms with Gasteiger partial charge in [0.15, 0.2) is 0 Å². The maximum atomic E-state index is 5.90. The highest BCUT2D eigenvalue weighted by Crippen LogP contribution is 2.21. The summed E-state index contributed by atoms with van der Waals surface area (Å²) < 4.78 is 1.67. The van der Waals surface area contributed by atoms with Crippen LogP contribution in [-0.2, 0) is 0 Å². The third kappa shape index (κ3) is 1.55. The third-order valence-electron chi connectivity index (χ3n) is 1.69. The Bertz CT molecular complexity index is 389. The summed E-state index contributed by atoms with van der Waals surface area (Å²) >= 11 is 11.7. The minimum Gasteiger partial charge on any atom is -0.274 e. The van der Waals surface area contributed by atoms with Gasteiger partial charge in [-0.15, -0.1) is 0 Å². The quantitative estimate of drug-likeness (QED) is 0.711. The van der Waals surface area contributed by atoms with Gasteiger partial charge in [0.05, 0.1) is 6.20 Å². The van der Waals surface area contributed by atoms with Crippen LogP contribution >= 0.6 is 23.2 Å². The predicted octanol–water partition coefficient (Wildman–Crippen LogP) is 3.18. The molecule has 0 atom stereocenters. The molecule has 0 fully saturated rings. The number of para-hydroxylation sites is 1. The largest absolute Gasteiger partial charge is 0.274 e. The number of imidazole rings is 1. The van der Waals surface area contributed by atoms with Crippen LogP contribution in [0.5, 0.6) is 0 Å². The first kappa shape index (κ1) is 8.60. The molecule has 0 aliphatic heterocycles. The molecule has 1 aromatic heterocycles. The van der Waals surface area contributed by atoms with E-state index in [4.69, 9.17) is 23.2 Å². The van der Waals surface area contributed by atoms with Gasteiger partial charge in [-0.2, -0.15) is 0 Å². The average molecular weight is 213 g/mol. The van der Waals surface area contributed by atoms with Crippen molar-refractivity contribution in [1.29, 1.82) is 0 Å². The minimum absolute atomic E-state index is 0.371. The molecule has 13 heavy (non-hydrogen) atoms. The van der Waals surface area contributed by atoms with Crippen molar-refractivity contribution < 1.29 is 0 Å². The van der Waals surface area contributed by atoms with Gasteiger partial charge < -0.3 is 0 Å². The van der Waals surface area contributed by atoms with E-state index in [9.17, 15) is 0 Å². The smallest absolute Gasteiger partial charge is 0.208 e. The fraction of sp³-hybridized carbons (Fsp3) is 0. The molecule has 0 aliphatic carbocycles. The monoisotopic (exact) mass is 212 g/mol. The van der Waals surface area contributed by atoms with E-state index in [0.29, 0.717) is 10.4 Å². The fourth-order valence-corrected chi connectivity index (χ4v) is 1.62. The Morgan fingerprint density at radius 3 is 2.31 bits per heavy atom. The summed E-state index contributed by atoms with van der Waals surface area (Å²) in [5.74, 6) is 0. The molecular formula is C9H6Cl2N2. The molecule has 2 aromatic rings. The zero-order valence-electron chi connectivity index (χ0n) is 6.61. The number of hydrogen-bond acceptors (Lipinski definition) is 1. The van der Waals surface area contributed by atoms with Crippen LogP contribution in [0.1, 0.15) is 0 Å².